The lowest BCUT2D eigenvalue weighted by atomic mass is 10.1. The number of hydroxylamine groups is 1. The summed E-state index contributed by atoms with van der Waals surface area (Å²) in [7, 11) is 1.18. The number of amides is 1. The summed E-state index contributed by atoms with van der Waals surface area (Å²) >= 11 is 0. The fourth-order valence-corrected chi connectivity index (χ4v) is 1.06. The molecular formula is C9H9F2NO2. The van der Waals surface area contributed by atoms with Gasteiger partial charge in [0, 0.05) is 0 Å². The van der Waals surface area contributed by atoms with Gasteiger partial charge in [0.15, 0.2) is 0 Å². The average molecular weight is 201 g/mol. The van der Waals surface area contributed by atoms with Gasteiger partial charge in [-0.1, -0.05) is 0 Å². The van der Waals surface area contributed by atoms with Gasteiger partial charge in [0.05, 0.1) is 7.11 Å². The first-order chi connectivity index (χ1) is 6.56. The van der Waals surface area contributed by atoms with Crippen molar-refractivity contribution in [1.29, 1.82) is 0 Å². The highest BCUT2D eigenvalue weighted by Crippen LogP contribution is 2.14. The number of aryl methyl sites for hydroxylation is 1. The summed E-state index contributed by atoms with van der Waals surface area (Å²) in [6.45, 7) is 1.53. The van der Waals surface area contributed by atoms with E-state index in [4.69, 9.17) is 0 Å². The van der Waals surface area contributed by atoms with Gasteiger partial charge in [-0.25, -0.2) is 14.3 Å². The Hall–Kier alpha value is -1.49. The van der Waals surface area contributed by atoms with Gasteiger partial charge in [-0.05, 0) is 24.6 Å². The van der Waals surface area contributed by atoms with Crippen molar-refractivity contribution in [2.45, 2.75) is 6.92 Å². The first-order valence-electron chi connectivity index (χ1n) is 3.85. The van der Waals surface area contributed by atoms with Gasteiger partial charge < -0.3 is 0 Å². The van der Waals surface area contributed by atoms with Crippen molar-refractivity contribution in [3.8, 4) is 0 Å². The second kappa shape index (κ2) is 4.15. The van der Waals surface area contributed by atoms with Crippen molar-refractivity contribution in [1.82, 2.24) is 5.48 Å². The topological polar surface area (TPSA) is 38.3 Å². The van der Waals surface area contributed by atoms with Crippen LogP contribution in [0.15, 0.2) is 12.1 Å². The molecule has 1 amide bonds. The van der Waals surface area contributed by atoms with E-state index < -0.39 is 23.1 Å². The van der Waals surface area contributed by atoms with E-state index in [0.29, 0.717) is 5.56 Å². The van der Waals surface area contributed by atoms with Crippen molar-refractivity contribution < 1.29 is 18.4 Å². The Morgan fingerprint density at radius 2 is 1.86 bits per heavy atom. The minimum absolute atomic E-state index is 0.411. The van der Waals surface area contributed by atoms with E-state index in [1.807, 2.05) is 5.48 Å². The number of halogens is 2. The SMILES string of the molecule is CONC(=O)c1c(F)cc(C)cc1F. The first-order valence-corrected chi connectivity index (χ1v) is 3.85. The second-order valence-electron chi connectivity index (χ2n) is 2.74. The van der Waals surface area contributed by atoms with Gasteiger partial charge >= 0.3 is 0 Å². The van der Waals surface area contributed by atoms with Crippen molar-refractivity contribution in [3.05, 3.63) is 34.9 Å². The summed E-state index contributed by atoms with van der Waals surface area (Å²) < 4.78 is 26.3. The van der Waals surface area contributed by atoms with E-state index in [0.717, 1.165) is 12.1 Å². The molecule has 5 heteroatoms. The zero-order valence-corrected chi connectivity index (χ0v) is 7.73. The third-order valence-electron chi connectivity index (χ3n) is 1.61. The van der Waals surface area contributed by atoms with E-state index in [1.54, 1.807) is 0 Å². The van der Waals surface area contributed by atoms with Crippen molar-refractivity contribution in [2.75, 3.05) is 7.11 Å². The molecule has 1 rings (SSSR count). The highest BCUT2D eigenvalue weighted by Gasteiger charge is 2.17. The Morgan fingerprint density at radius 1 is 1.36 bits per heavy atom. The van der Waals surface area contributed by atoms with Gasteiger partial charge in [0.1, 0.15) is 17.2 Å². The number of hydrogen-bond acceptors (Lipinski definition) is 2. The smallest absolute Gasteiger partial charge is 0.277 e. The normalized spacial score (nSPS) is 10.0. The van der Waals surface area contributed by atoms with Crippen LogP contribution in [-0.2, 0) is 4.84 Å². The molecule has 0 aromatic heterocycles. The summed E-state index contributed by atoms with van der Waals surface area (Å²) in [5.41, 5.74) is 1.61. The quantitative estimate of drug-likeness (QED) is 0.737. The third kappa shape index (κ3) is 2.05. The standard InChI is InChI=1S/C9H9F2NO2/c1-5-3-6(10)8(7(11)4-5)9(13)12-14-2/h3-4H,1-2H3,(H,12,13). The molecular weight excluding hydrogens is 192 g/mol. The van der Waals surface area contributed by atoms with Crippen LogP contribution in [0.1, 0.15) is 15.9 Å². The molecule has 76 valence electrons. The highest BCUT2D eigenvalue weighted by atomic mass is 19.1. The van der Waals surface area contributed by atoms with Gasteiger partial charge in [0.25, 0.3) is 5.91 Å². The molecule has 0 aliphatic carbocycles. The third-order valence-corrected chi connectivity index (χ3v) is 1.61. The maximum absolute atomic E-state index is 13.1. The van der Waals surface area contributed by atoms with Crippen LogP contribution < -0.4 is 5.48 Å². The van der Waals surface area contributed by atoms with Crippen LogP contribution >= 0.6 is 0 Å². The number of carbonyl (C=O) groups excluding carboxylic acids is 1. The molecule has 0 saturated carbocycles. The van der Waals surface area contributed by atoms with Crippen LogP contribution in [-0.4, -0.2) is 13.0 Å². The monoisotopic (exact) mass is 201 g/mol. The Bertz CT molecular complexity index is 343. The molecule has 0 bridgehead atoms. The van der Waals surface area contributed by atoms with E-state index in [-0.39, 0.29) is 0 Å². The molecule has 0 heterocycles. The zero-order valence-electron chi connectivity index (χ0n) is 7.73. The minimum Gasteiger partial charge on any atom is -0.277 e. The van der Waals surface area contributed by atoms with Crippen LogP contribution in [0.25, 0.3) is 0 Å². The molecule has 14 heavy (non-hydrogen) atoms. The predicted octanol–water partition coefficient (Wildman–Crippen LogP) is 1.56. The van der Waals surface area contributed by atoms with E-state index in [1.165, 1.54) is 14.0 Å². The molecule has 0 radical (unpaired) electrons. The number of nitrogens with one attached hydrogen (secondary N) is 1. The zero-order chi connectivity index (χ0) is 10.7. The van der Waals surface area contributed by atoms with Crippen LogP contribution in [0.4, 0.5) is 8.78 Å². The van der Waals surface area contributed by atoms with Gasteiger partial charge in [-0.3, -0.25) is 9.63 Å². The van der Waals surface area contributed by atoms with E-state index in [9.17, 15) is 13.6 Å². The Balaban J connectivity index is 3.14. The summed E-state index contributed by atoms with van der Waals surface area (Å²) in [6, 6.07) is 2.15. The van der Waals surface area contributed by atoms with Gasteiger partial charge in [-0.2, -0.15) is 0 Å². The van der Waals surface area contributed by atoms with Crippen LogP contribution in [0.3, 0.4) is 0 Å². The first kappa shape index (κ1) is 10.6. The van der Waals surface area contributed by atoms with Crippen LogP contribution in [0, 0.1) is 18.6 Å². The summed E-state index contributed by atoms with van der Waals surface area (Å²) in [6.07, 6.45) is 0. The second-order valence-corrected chi connectivity index (χ2v) is 2.74. The molecule has 0 fully saturated rings. The Morgan fingerprint density at radius 3 is 2.29 bits per heavy atom. The maximum atomic E-state index is 13.1. The van der Waals surface area contributed by atoms with Gasteiger partial charge in [0.2, 0.25) is 0 Å². The largest absolute Gasteiger partial charge is 0.280 e. The maximum Gasteiger partial charge on any atom is 0.280 e. The number of rotatable bonds is 2. The summed E-state index contributed by atoms with van der Waals surface area (Å²) in [5.74, 6) is -2.75. The summed E-state index contributed by atoms with van der Waals surface area (Å²) in [5, 5.41) is 0. The van der Waals surface area contributed by atoms with Crippen molar-refractivity contribution in [2.24, 2.45) is 0 Å². The minimum atomic E-state index is -0.942. The molecule has 1 aromatic rings. The summed E-state index contributed by atoms with van der Waals surface area (Å²) in [4.78, 5) is 15.3. The fraction of sp³-hybridized carbons (Fsp3) is 0.222. The van der Waals surface area contributed by atoms with Crippen molar-refractivity contribution in [3.63, 3.8) is 0 Å². The Kier molecular flexibility index (Phi) is 3.14. The molecule has 0 aliphatic heterocycles. The fourth-order valence-electron chi connectivity index (χ4n) is 1.06. The molecule has 1 aromatic carbocycles. The van der Waals surface area contributed by atoms with E-state index in [2.05, 4.69) is 4.84 Å². The highest BCUT2D eigenvalue weighted by molar-refractivity contribution is 5.94. The molecule has 0 atom stereocenters. The average Bonchev–Trinajstić information content (AvgIpc) is 2.01. The van der Waals surface area contributed by atoms with Crippen molar-refractivity contribution >= 4 is 5.91 Å². The molecule has 0 aliphatic rings. The molecule has 0 saturated heterocycles. The number of hydrogen-bond donors (Lipinski definition) is 1. The number of benzene rings is 1. The molecule has 1 N–H and O–H groups in total. The lowest BCUT2D eigenvalue weighted by Gasteiger charge is -2.05. The van der Waals surface area contributed by atoms with Gasteiger partial charge in [-0.15, -0.1) is 0 Å². The number of carbonyl (C=O) groups is 1. The lowest BCUT2D eigenvalue weighted by Crippen LogP contribution is -2.24. The molecule has 3 nitrogen and oxygen atoms in total. The molecule has 0 spiro atoms. The lowest BCUT2D eigenvalue weighted by molar-refractivity contribution is 0.0529. The van der Waals surface area contributed by atoms with Crippen LogP contribution in [0.2, 0.25) is 0 Å². The molecule has 0 unspecified atom stereocenters. The predicted molar refractivity (Wildman–Crippen MR) is 45.6 cm³/mol. The van der Waals surface area contributed by atoms with E-state index >= 15 is 0 Å². The van der Waals surface area contributed by atoms with Crippen LogP contribution in [0.5, 0.6) is 0 Å². The Labute approximate surface area is 79.6 Å².